The standard InChI is InChI=1S/C7H8N2O/c10-7-5-3-1-2-4-6(5)8-9-7/h2,4H,1,3H2,(H2,8,9,10). The van der Waals surface area contributed by atoms with E-state index < -0.39 is 0 Å². The molecule has 3 nitrogen and oxygen atoms in total. The molecule has 0 amide bonds. The highest BCUT2D eigenvalue weighted by Crippen LogP contribution is 2.11. The highest BCUT2D eigenvalue weighted by atomic mass is 16.1. The van der Waals surface area contributed by atoms with Crippen LogP contribution in [0.15, 0.2) is 10.9 Å². The molecule has 3 heteroatoms. The summed E-state index contributed by atoms with van der Waals surface area (Å²) in [6.45, 7) is 0. The summed E-state index contributed by atoms with van der Waals surface area (Å²) in [4.78, 5) is 10.9. The van der Waals surface area contributed by atoms with Gasteiger partial charge >= 0.3 is 0 Å². The Hall–Kier alpha value is -1.25. The average Bonchev–Trinajstić information content (AvgIpc) is 2.34. The van der Waals surface area contributed by atoms with Crippen LogP contribution in [0, 0.1) is 0 Å². The fraction of sp³-hybridized carbons (Fsp3) is 0.286. The monoisotopic (exact) mass is 136 g/mol. The van der Waals surface area contributed by atoms with Crippen molar-refractivity contribution in [3.63, 3.8) is 0 Å². The van der Waals surface area contributed by atoms with Gasteiger partial charge < -0.3 is 0 Å². The number of H-pyrrole nitrogens is 2. The fourth-order valence-electron chi connectivity index (χ4n) is 1.22. The first kappa shape index (κ1) is 5.53. The van der Waals surface area contributed by atoms with Gasteiger partial charge in [0.1, 0.15) is 0 Å². The summed E-state index contributed by atoms with van der Waals surface area (Å²) in [5, 5.41) is 5.35. The van der Waals surface area contributed by atoms with Crippen LogP contribution >= 0.6 is 0 Å². The smallest absolute Gasteiger partial charge is 0.267 e. The molecule has 0 saturated heterocycles. The predicted octanol–water partition coefficient (Wildman–Crippen LogP) is 0.662. The first-order valence-corrected chi connectivity index (χ1v) is 3.34. The molecule has 0 unspecified atom stereocenters. The van der Waals surface area contributed by atoms with Crippen LogP contribution in [0.1, 0.15) is 17.7 Å². The van der Waals surface area contributed by atoms with Crippen LogP contribution in [0.2, 0.25) is 0 Å². The van der Waals surface area contributed by atoms with E-state index in [0.29, 0.717) is 0 Å². The Labute approximate surface area is 57.8 Å². The van der Waals surface area contributed by atoms with Crippen molar-refractivity contribution in [3.05, 3.63) is 27.7 Å². The maximum Gasteiger partial charge on any atom is 0.267 e. The molecule has 10 heavy (non-hydrogen) atoms. The van der Waals surface area contributed by atoms with E-state index in [9.17, 15) is 4.79 Å². The van der Waals surface area contributed by atoms with Crippen LogP contribution in [0.3, 0.4) is 0 Å². The highest BCUT2D eigenvalue weighted by Gasteiger charge is 2.08. The molecule has 1 aliphatic rings. The van der Waals surface area contributed by atoms with E-state index in [1.807, 2.05) is 6.08 Å². The Bertz CT molecular complexity index is 319. The quantitative estimate of drug-likeness (QED) is 0.541. The molecule has 0 bridgehead atoms. The summed E-state index contributed by atoms with van der Waals surface area (Å²) in [6.07, 6.45) is 5.85. The lowest BCUT2D eigenvalue weighted by molar-refractivity contribution is 0.976. The Morgan fingerprint density at radius 3 is 3.10 bits per heavy atom. The van der Waals surface area contributed by atoms with E-state index in [0.717, 1.165) is 24.1 Å². The van der Waals surface area contributed by atoms with Gasteiger partial charge in [-0.3, -0.25) is 15.0 Å². The lowest BCUT2D eigenvalue weighted by Crippen LogP contribution is -2.06. The number of nitrogens with one attached hydrogen (secondary N) is 2. The maximum absolute atomic E-state index is 10.9. The second-order valence-electron chi connectivity index (χ2n) is 2.41. The minimum Gasteiger partial charge on any atom is -0.298 e. The minimum absolute atomic E-state index is 0.0272. The largest absolute Gasteiger partial charge is 0.298 e. The third kappa shape index (κ3) is 0.635. The van der Waals surface area contributed by atoms with Crippen molar-refractivity contribution in [1.29, 1.82) is 0 Å². The lowest BCUT2D eigenvalue weighted by Gasteiger charge is -1.99. The van der Waals surface area contributed by atoms with Gasteiger partial charge in [0.05, 0.1) is 5.69 Å². The Morgan fingerprint density at radius 2 is 2.30 bits per heavy atom. The van der Waals surface area contributed by atoms with Crippen LogP contribution in [0.5, 0.6) is 0 Å². The third-order valence-corrected chi connectivity index (χ3v) is 1.76. The number of fused-ring (bicyclic) bond motifs is 1. The van der Waals surface area contributed by atoms with Crippen molar-refractivity contribution < 1.29 is 0 Å². The molecule has 0 saturated carbocycles. The third-order valence-electron chi connectivity index (χ3n) is 1.76. The summed E-state index contributed by atoms with van der Waals surface area (Å²) < 4.78 is 0. The van der Waals surface area contributed by atoms with Crippen molar-refractivity contribution in [2.24, 2.45) is 0 Å². The van der Waals surface area contributed by atoms with Gasteiger partial charge in [-0.05, 0) is 18.9 Å². The molecular formula is C7H8N2O. The zero-order valence-corrected chi connectivity index (χ0v) is 5.48. The van der Waals surface area contributed by atoms with Crippen molar-refractivity contribution in [2.75, 3.05) is 0 Å². The fourth-order valence-corrected chi connectivity index (χ4v) is 1.22. The van der Waals surface area contributed by atoms with Crippen LogP contribution in [0.25, 0.3) is 6.08 Å². The van der Waals surface area contributed by atoms with Crippen molar-refractivity contribution in [2.45, 2.75) is 12.8 Å². The minimum atomic E-state index is 0.0272. The number of rotatable bonds is 0. The van der Waals surface area contributed by atoms with Gasteiger partial charge in [-0.2, -0.15) is 0 Å². The van der Waals surface area contributed by atoms with Gasteiger partial charge in [-0.1, -0.05) is 6.08 Å². The molecule has 1 aromatic heterocycles. The molecule has 0 spiro atoms. The van der Waals surface area contributed by atoms with E-state index in [-0.39, 0.29) is 5.56 Å². The molecule has 2 rings (SSSR count). The van der Waals surface area contributed by atoms with E-state index in [1.165, 1.54) is 0 Å². The summed E-state index contributed by atoms with van der Waals surface area (Å²) in [7, 11) is 0. The predicted molar refractivity (Wildman–Crippen MR) is 38.8 cm³/mol. The maximum atomic E-state index is 10.9. The number of aromatic nitrogens is 2. The zero-order valence-electron chi connectivity index (χ0n) is 5.48. The molecule has 0 fully saturated rings. The molecule has 1 aliphatic carbocycles. The second kappa shape index (κ2) is 1.87. The number of hydrogen-bond donors (Lipinski definition) is 2. The van der Waals surface area contributed by atoms with E-state index in [1.54, 1.807) is 0 Å². The van der Waals surface area contributed by atoms with Crippen LogP contribution < -0.4 is 5.56 Å². The average molecular weight is 136 g/mol. The molecule has 1 aromatic rings. The molecule has 0 aliphatic heterocycles. The Balaban J connectivity index is 2.68. The summed E-state index contributed by atoms with van der Waals surface area (Å²) >= 11 is 0. The second-order valence-corrected chi connectivity index (χ2v) is 2.41. The topological polar surface area (TPSA) is 48.6 Å². The summed E-state index contributed by atoms with van der Waals surface area (Å²) in [5.74, 6) is 0. The Morgan fingerprint density at radius 1 is 1.40 bits per heavy atom. The lowest BCUT2D eigenvalue weighted by atomic mass is 10.1. The normalized spacial score (nSPS) is 15.2. The van der Waals surface area contributed by atoms with Gasteiger partial charge in [0.15, 0.2) is 0 Å². The summed E-state index contributed by atoms with van der Waals surface area (Å²) in [6, 6.07) is 0. The van der Waals surface area contributed by atoms with Gasteiger partial charge in [-0.25, -0.2) is 0 Å². The van der Waals surface area contributed by atoms with Crippen LogP contribution in [-0.2, 0) is 6.42 Å². The molecule has 2 N–H and O–H groups in total. The first-order chi connectivity index (χ1) is 4.88. The van der Waals surface area contributed by atoms with Crippen LogP contribution in [0.4, 0.5) is 0 Å². The van der Waals surface area contributed by atoms with Crippen molar-refractivity contribution >= 4 is 6.08 Å². The molecule has 0 radical (unpaired) electrons. The zero-order chi connectivity index (χ0) is 6.97. The van der Waals surface area contributed by atoms with Gasteiger partial charge in [0.2, 0.25) is 0 Å². The van der Waals surface area contributed by atoms with Gasteiger partial charge in [0, 0.05) is 5.56 Å². The molecule has 0 aromatic carbocycles. The molecular weight excluding hydrogens is 128 g/mol. The number of allylic oxidation sites excluding steroid dienone is 1. The van der Waals surface area contributed by atoms with Crippen molar-refractivity contribution in [3.8, 4) is 0 Å². The number of hydrogen-bond acceptors (Lipinski definition) is 1. The van der Waals surface area contributed by atoms with E-state index in [2.05, 4.69) is 16.3 Å². The molecule has 0 atom stereocenters. The highest BCUT2D eigenvalue weighted by molar-refractivity contribution is 5.50. The van der Waals surface area contributed by atoms with Crippen LogP contribution in [-0.4, -0.2) is 10.2 Å². The van der Waals surface area contributed by atoms with E-state index >= 15 is 0 Å². The Kier molecular flexibility index (Phi) is 1.03. The van der Waals surface area contributed by atoms with Crippen molar-refractivity contribution in [1.82, 2.24) is 10.2 Å². The van der Waals surface area contributed by atoms with E-state index in [4.69, 9.17) is 0 Å². The number of aromatic amines is 2. The molecule has 1 heterocycles. The molecule has 52 valence electrons. The summed E-state index contributed by atoms with van der Waals surface area (Å²) in [5.41, 5.74) is 1.86. The van der Waals surface area contributed by atoms with Gasteiger partial charge in [-0.15, -0.1) is 0 Å². The first-order valence-electron chi connectivity index (χ1n) is 3.34. The van der Waals surface area contributed by atoms with Gasteiger partial charge in [0.25, 0.3) is 5.56 Å². The SMILES string of the molecule is O=c1[nH][nH]c2c1CCC=C2.